The van der Waals surface area contributed by atoms with Crippen LogP contribution in [0.2, 0.25) is 0 Å². The molecule has 0 fully saturated rings. The van der Waals surface area contributed by atoms with Crippen molar-refractivity contribution >= 4 is 27.3 Å². The van der Waals surface area contributed by atoms with Crippen LogP contribution in [-0.4, -0.2) is 26.0 Å². The summed E-state index contributed by atoms with van der Waals surface area (Å²) in [7, 11) is -3.58. The lowest BCUT2D eigenvalue weighted by Crippen LogP contribution is -2.28. The fourth-order valence-corrected chi connectivity index (χ4v) is 4.43. The van der Waals surface area contributed by atoms with Gasteiger partial charge in [0.15, 0.2) is 9.84 Å². The molecule has 1 atom stereocenters. The lowest BCUT2D eigenvalue weighted by molar-refractivity contribution is -0.115. The Bertz CT molecular complexity index is 1190. The molecule has 2 amide bonds. The number of benzene rings is 3. The van der Waals surface area contributed by atoms with E-state index in [1.807, 2.05) is 44.2 Å². The molecule has 3 rings (SSSR count). The Hall–Kier alpha value is -3.45. The molecule has 0 radical (unpaired) electrons. The molecular formula is C25H26N2O4S. The molecule has 0 saturated carbocycles. The van der Waals surface area contributed by atoms with Gasteiger partial charge in [0.05, 0.1) is 27.9 Å². The molecule has 166 valence electrons. The highest BCUT2D eigenvalue weighted by atomic mass is 32.2. The van der Waals surface area contributed by atoms with E-state index in [0.717, 1.165) is 11.1 Å². The third-order valence-corrected chi connectivity index (χ3v) is 6.80. The highest BCUT2D eigenvalue weighted by Gasteiger charge is 2.19. The first kappa shape index (κ1) is 23.2. The molecule has 2 N–H and O–H groups in total. The van der Waals surface area contributed by atoms with Crippen LogP contribution in [0.3, 0.4) is 0 Å². The van der Waals surface area contributed by atoms with Crippen molar-refractivity contribution in [3.8, 4) is 0 Å². The summed E-state index contributed by atoms with van der Waals surface area (Å²) < 4.78 is 25.0. The van der Waals surface area contributed by atoms with Gasteiger partial charge < -0.3 is 10.6 Å². The molecule has 0 aromatic heterocycles. The molecule has 0 spiro atoms. The number of hydrogen-bond acceptors (Lipinski definition) is 4. The van der Waals surface area contributed by atoms with Crippen molar-refractivity contribution in [2.75, 3.05) is 11.1 Å². The van der Waals surface area contributed by atoms with Crippen LogP contribution < -0.4 is 10.6 Å². The average Bonchev–Trinajstić information content (AvgIpc) is 2.79. The molecule has 0 saturated heterocycles. The Kier molecular flexibility index (Phi) is 7.43. The van der Waals surface area contributed by atoms with Crippen molar-refractivity contribution in [3.05, 3.63) is 95.6 Å². The highest BCUT2D eigenvalue weighted by Crippen LogP contribution is 2.19. The summed E-state index contributed by atoms with van der Waals surface area (Å²) in [4.78, 5) is 25.4. The zero-order chi connectivity index (χ0) is 23.1. The van der Waals surface area contributed by atoms with Crippen LogP contribution >= 0.6 is 0 Å². The van der Waals surface area contributed by atoms with Gasteiger partial charge in [-0.15, -0.1) is 0 Å². The van der Waals surface area contributed by atoms with Gasteiger partial charge in [-0.3, -0.25) is 9.59 Å². The maximum Gasteiger partial charge on any atom is 0.253 e. The molecule has 0 aliphatic heterocycles. The number of amides is 2. The predicted octanol–water partition coefficient (Wildman–Crippen LogP) is 4.29. The normalized spacial score (nSPS) is 12.1. The van der Waals surface area contributed by atoms with E-state index >= 15 is 0 Å². The molecule has 0 heterocycles. The van der Waals surface area contributed by atoms with Gasteiger partial charge in [0.1, 0.15) is 0 Å². The van der Waals surface area contributed by atoms with Crippen LogP contribution in [0.15, 0.2) is 83.8 Å². The number of sulfone groups is 1. The first-order valence-electron chi connectivity index (χ1n) is 10.3. The van der Waals surface area contributed by atoms with Crippen molar-refractivity contribution in [1.29, 1.82) is 0 Å². The number of anilines is 1. The molecule has 0 aliphatic carbocycles. The SMILES string of the molecule is Cc1ccc(S(=O)(=O)CCC(=O)Nc2ccccc2C(=O)NC(C)c2ccccc2)cc1. The van der Waals surface area contributed by atoms with E-state index in [1.54, 1.807) is 36.4 Å². The molecule has 0 bridgehead atoms. The second-order valence-corrected chi connectivity index (χ2v) is 9.69. The Labute approximate surface area is 188 Å². The molecule has 0 aliphatic rings. The molecule has 32 heavy (non-hydrogen) atoms. The fraction of sp³-hybridized carbons (Fsp3) is 0.200. The smallest absolute Gasteiger partial charge is 0.253 e. The number of rotatable bonds is 8. The van der Waals surface area contributed by atoms with E-state index in [0.29, 0.717) is 11.3 Å². The van der Waals surface area contributed by atoms with Crippen LogP contribution in [0.5, 0.6) is 0 Å². The van der Waals surface area contributed by atoms with Crippen LogP contribution in [-0.2, 0) is 14.6 Å². The van der Waals surface area contributed by atoms with Crippen molar-refractivity contribution in [1.82, 2.24) is 5.32 Å². The quantitative estimate of drug-likeness (QED) is 0.536. The summed E-state index contributed by atoms with van der Waals surface area (Å²) in [6.07, 6.45) is -0.216. The van der Waals surface area contributed by atoms with Crippen LogP contribution in [0.4, 0.5) is 5.69 Å². The molecular weight excluding hydrogens is 424 g/mol. The third-order valence-electron chi connectivity index (χ3n) is 5.07. The predicted molar refractivity (Wildman–Crippen MR) is 125 cm³/mol. The molecule has 3 aromatic carbocycles. The summed E-state index contributed by atoms with van der Waals surface area (Å²) in [5, 5.41) is 5.60. The number of aryl methyl sites for hydroxylation is 1. The minimum Gasteiger partial charge on any atom is -0.345 e. The van der Waals surface area contributed by atoms with Gasteiger partial charge in [0.25, 0.3) is 5.91 Å². The standard InChI is InChI=1S/C25H26N2O4S/c1-18-12-14-21(15-13-18)32(30,31)17-16-24(28)27-23-11-7-6-10-22(23)25(29)26-19(2)20-8-4-3-5-9-20/h3-15,19H,16-17H2,1-2H3,(H,26,29)(H,27,28). The zero-order valence-corrected chi connectivity index (χ0v) is 18.9. The van der Waals surface area contributed by atoms with Gasteiger partial charge in [-0.2, -0.15) is 0 Å². The Morgan fingerprint density at radius 3 is 2.19 bits per heavy atom. The number of carbonyl (C=O) groups excluding carboxylic acids is 2. The lowest BCUT2D eigenvalue weighted by atomic mass is 10.1. The van der Waals surface area contributed by atoms with Gasteiger partial charge in [-0.05, 0) is 43.7 Å². The summed E-state index contributed by atoms with van der Waals surface area (Å²) in [6.45, 7) is 3.75. The van der Waals surface area contributed by atoms with E-state index in [1.165, 1.54) is 12.1 Å². The maximum atomic E-state index is 12.8. The number of carbonyl (C=O) groups is 2. The van der Waals surface area contributed by atoms with Gasteiger partial charge in [0, 0.05) is 6.42 Å². The zero-order valence-electron chi connectivity index (χ0n) is 18.0. The second kappa shape index (κ2) is 10.2. The summed E-state index contributed by atoms with van der Waals surface area (Å²) >= 11 is 0. The molecule has 1 unspecified atom stereocenters. The van der Waals surface area contributed by atoms with Gasteiger partial charge in [-0.1, -0.05) is 60.2 Å². The number of nitrogens with one attached hydrogen (secondary N) is 2. The minimum atomic E-state index is -3.58. The summed E-state index contributed by atoms with van der Waals surface area (Å²) in [6, 6.07) is 22.5. The minimum absolute atomic E-state index is 0.186. The van der Waals surface area contributed by atoms with Gasteiger partial charge in [-0.25, -0.2) is 8.42 Å². The van der Waals surface area contributed by atoms with Gasteiger partial charge in [0.2, 0.25) is 5.91 Å². The van der Waals surface area contributed by atoms with E-state index in [4.69, 9.17) is 0 Å². The largest absolute Gasteiger partial charge is 0.345 e. The highest BCUT2D eigenvalue weighted by molar-refractivity contribution is 7.91. The topological polar surface area (TPSA) is 92.3 Å². The maximum absolute atomic E-state index is 12.8. The van der Waals surface area contributed by atoms with E-state index in [2.05, 4.69) is 10.6 Å². The first-order valence-corrected chi connectivity index (χ1v) is 12.0. The lowest BCUT2D eigenvalue weighted by Gasteiger charge is -2.16. The molecule has 6 nitrogen and oxygen atoms in total. The summed E-state index contributed by atoms with van der Waals surface area (Å²) in [5.74, 6) is -1.12. The monoisotopic (exact) mass is 450 g/mol. The van der Waals surface area contributed by atoms with Crippen molar-refractivity contribution in [2.24, 2.45) is 0 Å². The van der Waals surface area contributed by atoms with E-state index < -0.39 is 15.7 Å². The Morgan fingerprint density at radius 2 is 1.50 bits per heavy atom. The van der Waals surface area contributed by atoms with E-state index in [-0.39, 0.29) is 29.0 Å². The Balaban J connectivity index is 1.64. The van der Waals surface area contributed by atoms with Crippen molar-refractivity contribution < 1.29 is 18.0 Å². The van der Waals surface area contributed by atoms with E-state index in [9.17, 15) is 18.0 Å². The van der Waals surface area contributed by atoms with Crippen LogP contribution in [0.25, 0.3) is 0 Å². The van der Waals surface area contributed by atoms with Crippen LogP contribution in [0.1, 0.15) is 40.9 Å². The average molecular weight is 451 g/mol. The second-order valence-electron chi connectivity index (χ2n) is 7.58. The molecule has 7 heteroatoms. The van der Waals surface area contributed by atoms with Gasteiger partial charge >= 0.3 is 0 Å². The fourth-order valence-electron chi connectivity index (χ4n) is 3.19. The van der Waals surface area contributed by atoms with Crippen molar-refractivity contribution in [2.45, 2.75) is 31.2 Å². The molecule has 3 aromatic rings. The van der Waals surface area contributed by atoms with Crippen LogP contribution in [0, 0.1) is 6.92 Å². The van der Waals surface area contributed by atoms with Crippen molar-refractivity contribution in [3.63, 3.8) is 0 Å². The first-order chi connectivity index (χ1) is 15.3. The number of para-hydroxylation sites is 1. The Morgan fingerprint density at radius 1 is 0.875 bits per heavy atom. The summed E-state index contributed by atoms with van der Waals surface area (Å²) in [5.41, 5.74) is 2.56. The number of hydrogen-bond donors (Lipinski definition) is 2. The third kappa shape index (κ3) is 6.04.